The summed E-state index contributed by atoms with van der Waals surface area (Å²) in [6.07, 6.45) is 3.70. The fraction of sp³-hybridized carbons (Fsp3) is 0.171. The average molecular weight is 732 g/mol. The largest absolute Gasteiger partial charge is 0.501 e. The summed E-state index contributed by atoms with van der Waals surface area (Å²) in [7, 11) is 0. The van der Waals surface area contributed by atoms with Crippen LogP contribution in [0.15, 0.2) is 89.6 Å². The Bertz CT molecular complexity index is 1920. The molecule has 0 spiro atoms. The van der Waals surface area contributed by atoms with Crippen molar-refractivity contribution in [1.82, 2.24) is 15.0 Å². The summed E-state index contributed by atoms with van der Waals surface area (Å²) in [6.45, 7) is 10.8. The molecular formula is C35H29IrN3OS-2. The number of hydrogen-bond acceptors (Lipinski definition) is 5. The Morgan fingerprint density at radius 2 is 1.63 bits per heavy atom. The van der Waals surface area contributed by atoms with E-state index in [1.807, 2.05) is 54.7 Å². The number of rotatable bonds is 2. The predicted octanol–water partition coefficient (Wildman–Crippen LogP) is 9.52. The molecule has 6 heteroatoms. The Balaban J connectivity index is 0.000000218. The molecule has 0 aliphatic heterocycles. The molecule has 0 saturated carbocycles. The van der Waals surface area contributed by atoms with Crippen LogP contribution in [-0.2, 0) is 25.5 Å². The summed E-state index contributed by atoms with van der Waals surface area (Å²) >= 11 is 1.76. The molecule has 0 bridgehead atoms. The summed E-state index contributed by atoms with van der Waals surface area (Å²) in [4.78, 5) is 13.7. The van der Waals surface area contributed by atoms with E-state index in [0.717, 1.165) is 55.0 Å². The molecule has 41 heavy (non-hydrogen) atoms. The summed E-state index contributed by atoms with van der Waals surface area (Å²) in [5.41, 5.74) is 8.94. The van der Waals surface area contributed by atoms with E-state index in [9.17, 15) is 0 Å². The van der Waals surface area contributed by atoms with Crippen LogP contribution in [0.4, 0.5) is 0 Å². The minimum Gasteiger partial charge on any atom is -0.501 e. The summed E-state index contributed by atoms with van der Waals surface area (Å²) in [5.74, 6) is 0. The van der Waals surface area contributed by atoms with Crippen molar-refractivity contribution in [2.24, 2.45) is 0 Å². The van der Waals surface area contributed by atoms with Crippen LogP contribution in [0.2, 0.25) is 0 Å². The Kier molecular flexibility index (Phi) is 8.19. The molecule has 207 valence electrons. The number of furan rings is 1. The number of nitrogens with zero attached hydrogens (tertiary/aromatic N) is 3. The Morgan fingerprint density at radius 1 is 0.805 bits per heavy atom. The van der Waals surface area contributed by atoms with Crippen LogP contribution < -0.4 is 0 Å². The monoisotopic (exact) mass is 732 g/mol. The maximum absolute atomic E-state index is 6.30. The normalized spacial score (nSPS) is 11.3. The van der Waals surface area contributed by atoms with Crippen LogP contribution in [0.5, 0.6) is 0 Å². The quantitative estimate of drug-likeness (QED) is 0.166. The van der Waals surface area contributed by atoms with Crippen LogP contribution in [-0.4, -0.2) is 15.0 Å². The SMILES string of the molecule is Cc1cnc(-c2[c-]ccc3c2oc2cc4nc(C(C)(C)C)sc4cc23)cc1C.[Ir].[c-]1ccccc1-c1ccccn1. The second kappa shape index (κ2) is 11.7. The molecular weight excluding hydrogens is 703 g/mol. The maximum atomic E-state index is 6.30. The Morgan fingerprint density at radius 3 is 2.34 bits per heavy atom. The third-order valence-corrected chi connectivity index (χ3v) is 8.31. The third kappa shape index (κ3) is 5.87. The van der Waals surface area contributed by atoms with Crippen molar-refractivity contribution in [2.45, 2.75) is 40.0 Å². The average Bonchev–Trinajstić information content (AvgIpc) is 3.55. The van der Waals surface area contributed by atoms with Crippen molar-refractivity contribution in [1.29, 1.82) is 0 Å². The molecule has 0 N–H and O–H groups in total. The van der Waals surface area contributed by atoms with Gasteiger partial charge in [-0.15, -0.1) is 65.4 Å². The molecule has 7 aromatic rings. The minimum absolute atomic E-state index is 0. The topological polar surface area (TPSA) is 51.8 Å². The molecule has 0 unspecified atom stereocenters. The first-order chi connectivity index (χ1) is 19.3. The van der Waals surface area contributed by atoms with Gasteiger partial charge in [-0.2, -0.15) is 0 Å². The summed E-state index contributed by atoms with van der Waals surface area (Å²) in [5, 5.41) is 3.36. The van der Waals surface area contributed by atoms with E-state index in [2.05, 4.69) is 81.0 Å². The molecule has 4 nitrogen and oxygen atoms in total. The molecule has 7 rings (SSSR count). The van der Waals surface area contributed by atoms with Gasteiger partial charge in [0.05, 0.1) is 20.8 Å². The van der Waals surface area contributed by atoms with Gasteiger partial charge in [0.2, 0.25) is 0 Å². The zero-order chi connectivity index (χ0) is 27.9. The third-order valence-electron chi connectivity index (χ3n) is 6.86. The van der Waals surface area contributed by atoms with Crippen molar-refractivity contribution in [2.75, 3.05) is 0 Å². The van der Waals surface area contributed by atoms with Gasteiger partial charge in [-0.05, 0) is 42.9 Å². The van der Waals surface area contributed by atoms with E-state index in [4.69, 9.17) is 9.40 Å². The van der Waals surface area contributed by atoms with E-state index >= 15 is 0 Å². The first-order valence-corrected chi connectivity index (χ1v) is 14.1. The standard InChI is InChI=1S/C24H21N2OS.C11H8N.Ir/c1-13-9-18(25-12-14(13)2)16-8-6-7-15-17-10-21-19(11-20(17)27-22(15)16)26-23(28-21)24(3,4)5;1-2-6-10(7-3-1)11-8-4-5-9-12-11;/h6-7,9-12H,1-5H3;1-6,8-9H;/q2*-1;. The maximum Gasteiger partial charge on any atom is 0.123 e. The molecule has 0 aliphatic rings. The van der Waals surface area contributed by atoms with Gasteiger partial charge in [-0.25, -0.2) is 4.98 Å². The second-order valence-electron chi connectivity index (χ2n) is 10.9. The van der Waals surface area contributed by atoms with Gasteiger partial charge in [0.1, 0.15) is 5.58 Å². The molecule has 0 atom stereocenters. The van der Waals surface area contributed by atoms with Crippen LogP contribution in [0.3, 0.4) is 0 Å². The first-order valence-electron chi connectivity index (χ1n) is 13.3. The number of aromatic nitrogens is 3. The van der Waals surface area contributed by atoms with Crippen LogP contribution in [0.1, 0.15) is 36.9 Å². The second-order valence-corrected chi connectivity index (χ2v) is 12.0. The molecule has 4 aromatic heterocycles. The molecule has 3 aromatic carbocycles. The van der Waals surface area contributed by atoms with E-state index in [1.54, 1.807) is 17.5 Å². The van der Waals surface area contributed by atoms with Gasteiger partial charge in [0.15, 0.2) is 0 Å². The fourth-order valence-corrected chi connectivity index (χ4v) is 5.55. The van der Waals surface area contributed by atoms with E-state index < -0.39 is 0 Å². The molecule has 0 saturated heterocycles. The molecule has 4 heterocycles. The van der Waals surface area contributed by atoms with Gasteiger partial charge in [0.25, 0.3) is 0 Å². The fourth-order valence-electron chi connectivity index (χ4n) is 4.51. The van der Waals surface area contributed by atoms with Gasteiger partial charge in [-0.3, -0.25) is 0 Å². The first kappa shape index (κ1) is 28.8. The predicted molar refractivity (Wildman–Crippen MR) is 166 cm³/mol. The van der Waals surface area contributed by atoms with Gasteiger partial charge in [-0.1, -0.05) is 55.5 Å². The van der Waals surface area contributed by atoms with Crippen molar-refractivity contribution < 1.29 is 24.5 Å². The van der Waals surface area contributed by atoms with Crippen LogP contribution >= 0.6 is 11.3 Å². The zero-order valence-electron chi connectivity index (χ0n) is 23.6. The van der Waals surface area contributed by atoms with Crippen LogP contribution in [0, 0.1) is 26.0 Å². The van der Waals surface area contributed by atoms with Crippen molar-refractivity contribution in [3.63, 3.8) is 0 Å². The van der Waals surface area contributed by atoms with Crippen molar-refractivity contribution >= 4 is 43.5 Å². The van der Waals surface area contributed by atoms with Gasteiger partial charge < -0.3 is 14.4 Å². The van der Waals surface area contributed by atoms with E-state index in [-0.39, 0.29) is 25.5 Å². The van der Waals surface area contributed by atoms with E-state index in [0.29, 0.717) is 0 Å². The van der Waals surface area contributed by atoms with Crippen LogP contribution in [0.25, 0.3) is 54.7 Å². The number of benzene rings is 3. The molecule has 0 fully saturated rings. The Labute approximate surface area is 257 Å². The van der Waals surface area contributed by atoms with Gasteiger partial charge >= 0.3 is 0 Å². The molecule has 0 amide bonds. The number of pyridine rings is 2. The molecule has 0 aliphatic carbocycles. The van der Waals surface area contributed by atoms with Crippen molar-refractivity contribution in [3.05, 3.63) is 113 Å². The number of fused-ring (bicyclic) bond motifs is 4. The minimum atomic E-state index is 0. The molecule has 1 radical (unpaired) electrons. The Hall–Kier alpha value is -3.70. The van der Waals surface area contributed by atoms with Crippen molar-refractivity contribution in [3.8, 4) is 22.5 Å². The zero-order valence-corrected chi connectivity index (χ0v) is 26.8. The van der Waals surface area contributed by atoms with Gasteiger partial charge in [0, 0.05) is 49.4 Å². The number of hydrogen-bond donors (Lipinski definition) is 0. The summed E-state index contributed by atoms with van der Waals surface area (Å²) in [6, 6.07) is 30.6. The number of aryl methyl sites for hydroxylation is 2. The van der Waals surface area contributed by atoms with E-state index in [1.165, 1.54) is 15.8 Å². The summed E-state index contributed by atoms with van der Waals surface area (Å²) < 4.78 is 7.50. The smallest absolute Gasteiger partial charge is 0.123 e. The number of thiazole rings is 1.